The van der Waals surface area contributed by atoms with E-state index in [9.17, 15) is 4.79 Å². The molecule has 0 saturated carbocycles. The summed E-state index contributed by atoms with van der Waals surface area (Å²) in [6, 6.07) is 3.94. The predicted octanol–water partition coefficient (Wildman–Crippen LogP) is 2.99. The summed E-state index contributed by atoms with van der Waals surface area (Å²) in [5.41, 5.74) is -0.337. The lowest BCUT2D eigenvalue weighted by atomic mass is 9.94. The van der Waals surface area contributed by atoms with E-state index in [4.69, 9.17) is 0 Å². The summed E-state index contributed by atoms with van der Waals surface area (Å²) in [5.74, 6) is 0. The molecule has 0 bridgehead atoms. The van der Waals surface area contributed by atoms with Crippen LogP contribution < -0.4 is 0 Å². The van der Waals surface area contributed by atoms with E-state index in [0.717, 1.165) is 14.9 Å². The smallest absolute Gasteiger partial charge is 0.130 e. The monoisotopic (exact) mass is 232 g/mol. The Morgan fingerprint density at radius 3 is 2.55 bits per heavy atom. The Labute approximate surface area is 78.6 Å². The maximum Gasteiger partial charge on any atom is 0.130 e. The van der Waals surface area contributed by atoms with E-state index in [-0.39, 0.29) is 5.41 Å². The molecule has 0 spiro atoms. The molecule has 0 amide bonds. The van der Waals surface area contributed by atoms with Crippen molar-refractivity contribution in [2.45, 2.75) is 19.3 Å². The van der Waals surface area contributed by atoms with Gasteiger partial charge in [-0.2, -0.15) is 0 Å². The molecule has 0 fully saturated rings. The van der Waals surface area contributed by atoms with Gasteiger partial charge in [-0.05, 0) is 41.9 Å². The molecule has 0 unspecified atom stereocenters. The van der Waals surface area contributed by atoms with E-state index in [0.29, 0.717) is 0 Å². The predicted molar refractivity (Wildman–Crippen MR) is 51.1 cm³/mol. The average molecular weight is 233 g/mol. The first kappa shape index (κ1) is 8.94. The molecule has 60 valence electrons. The SMILES string of the molecule is CC(C)(C=O)c1ccc(Br)s1. The number of aldehydes is 1. The lowest BCUT2D eigenvalue weighted by Crippen LogP contribution is -2.16. The van der Waals surface area contributed by atoms with Crippen LogP contribution in [-0.2, 0) is 10.2 Å². The molecule has 0 atom stereocenters. The Balaban J connectivity index is 3.01. The van der Waals surface area contributed by atoms with Crippen LogP contribution in [0.5, 0.6) is 0 Å². The van der Waals surface area contributed by atoms with Crippen molar-refractivity contribution in [2.24, 2.45) is 0 Å². The quantitative estimate of drug-likeness (QED) is 0.717. The van der Waals surface area contributed by atoms with E-state index >= 15 is 0 Å². The number of carbonyl (C=O) groups excluding carboxylic acids is 1. The molecule has 3 heteroatoms. The molecule has 0 radical (unpaired) electrons. The molecule has 11 heavy (non-hydrogen) atoms. The van der Waals surface area contributed by atoms with E-state index in [1.807, 2.05) is 26.0 Å². The summed E-state index contributed by atoms with van der Waals surface area (Å²) >= 11 is 4.96. The van der Waals surface area contributed by atoms with Crippen LogP contribution in [-0.4, -0.2) is 6.29 Å². The van der Waals surface area contributed by atoms with Gasteiger partial charge >= 0.3 is 0 Å². The lowest BCUT2D eigenvalue weighted by Gasteiger charge is -2.13. The zero-order chi connectivity index (χ0) is 8.48. The first-order valence-electron chi connectivity index (χ1n) is 3.28. The van der Waals surface area contributed by atoms with Crippen LogP contribution in [0.1, 0.15) is 18.7 Å². The van der Waals surface area contributed by atoms with Crippen LogP contribution in [0.25, 0.3) is 0 Å². The van der Waals surface area contributed by atoms with Crippen molar-refractivity contribution < 1.29 is 4.79 Å². The van der Waals surface area contributed by atoms with Crippen molar-refractivity contribution in [3.63, 3.8) is 0 Å². The Morgan fingerprint density at radius 2 is 2.18 bits per heavy atom. The third kappa shape index (κ3) is 1.91. The van der Waals surface area contributed by atoms with Gasteiger partial charge in [0.2, 0.25) is 0 Å². The van der Waals surface area contributed by atoms with Crippen molar-refractivity contribution in [1.82, 2.24) is 0 Å². The molecule has 1 heterocycles. The zero-order valence-electron chi connectivity index (χ0n) is 6.43. The molecule has 0 N–H and O–H groups in total. The molecule has 0 aliphatic heterocycles. The number of hydrogen-bond acceptors (Lipinski definition) is 2. The highest BCUT2D eigenvalue weighted by Gasteiger charge is 2.20. The number of rotatable bonds is 2. The summed E-state index contributed by atoms with van der Waals surface area (Å²) in [6.45, 7) is 3.83. The van der Waals surface area contributed by atoms with E-state index < -0.39 is 0 Å². The van der Waals surface area contributed by atoms with Gasteiger partial charge in [0.1, 0.15) is 6.29 Å². The van der Waals surface area contributed by atoms with Crippen LogP contribution in [0.3, 0.4) is 0 Å². The Kier molecular flexibility index (Phi) is 2.50. The number of thiophene rings is 1. The second-order valence-corrected chi connectivity index (χ2v) is 5.41. The maximum atomic E-state index is 10.6. The van der Waals surface area contributed by atoms with Gasteiger partial charge in [0.25, 0.3) is 0 Å². The second-order valence-electron chi connectivity index (χ2n) is 2.94. The molecule has 1 nitrogen and oxygen atoms in total. The van der Waals surface area contributed by atoms with E-state index in [1.54, 1.807) is 11.3 Å². The van der Waals surface area contributed by atoms with Crippen LogP contribution in [0.2, 0.25) is 0 Å². The standard InChI is InChI=1S/C8H9BrOS/c1-8(2,5-10)6-3-4-7(9)11-6/h3-5H,1-2H3. The average Bonchev–Trinajstić information content (AvgIpc) is 2.36. The van der Waals surface area contributed by atoms with Crippen molar-refractivity contribution in [3.8, 4) is 0 Å². The maximum absolute atomic E-state index is 10.6. The molecule has 1 rings (SSSR count). The van der Waals surface area contributed by atoms with Gasteiger partial charge in [-0.1, -0.05) is 0 Å². The van der Waals surface area contributed by atoms with Crippen LogP contribution in [0, 0.1) is 0 Å². The van der Waals surface area contributed by atoms with Gasteiger partial charge in [0, 0.05) is 4.88 Å². The fourth-order valence-corrected chi connectivity index (χ4v) is 2.17. The minimum Gasteiger partial charge on any atom is -0.302 e. The van der Waals surface area contributed by atoms with Crippen LogP contribution in [0.15, 0.2) is 15.9 Å². The van der Waals surface area contributed by atoms with E-state index in [1.165, 1.54) is 0 Å². The minimum atomic E-state index is -0.337. The molecule has 0 saturated heterocycles. The van der Waals surface area contributed by atoms with Gasteiger partial charge in [-0.3, -0.25) is 0 Å². The fraction of sp³-hybridized carbons (Fsp3) is 0.375. The molecular weight excluding hydrogens is 224 g/mol. The summed E-state index contributed by atoms with van der Waals surface area (Å²) in [4.78, 5) is 11.7. The van der Waals surface area contributed by atoms with E-state index in [2.05, 4.69) is 15.9 Å². The number of halogens is 1. The third-order valence-corrected chi connectivity index (χ3v) is 3.47. The van der Waals surface area contributed by atoms with Crippen molar-refractivity contribution in [1.29, 1.82) is 0 Å². The van der Waals surface area contributed by atoms with Gasteiger partial charge in [-0.15, -0.1) is 11.3 Å². The third-order valence-electron chi connectivity index (χ3n) is 1.50. The summed E-state index contributed by atoms with van der Waals surface area (Å²) < 4.78 is 1.07. The van der Waals surface area contributed by atoms with Crippen molar-refractivity contribution in [2.75, 3.05) is 0 Å². The first-order valence-corrected chi connectivity index (χ1v) is 4.89. The number of carbonyl (C=O) groups is 1. The summed E-state index contributed by atoms with van der Waals surface area (Å²) in [5, 5.41) is 0. The Morgan fingerprint density at radius 1 is 1.55 bits per heavy atom. The van der Waals surface area contributed by atoms with Crippen LogP contribution >= 0.6 is 27.3 Å². The molecule has 1 aromatic heterocycles. The highest BCUT2D eigenvalue weighted by Crippen LogP contribution is 2.30. The lowest BCUT2D eigenvalue weighted by molar-refractivity contribution is -0.111. The summed E-state index contributed by atoms with van der Waals surface area (Å²) in [6.07, 6.45) is 0.977. The Hall–Kier alpha value is -0.150. The van der Waals surface area contributed by atoms with Crippen molar-refractivity contribution in [3.05, 3.63) is 20.8 Å². The molecule has 0 aliphatic rings. The first-order chi connectivity index (χ1) is 5.06. The van der Waals surface area contributed by atoms with Gasteiger partial charge < -0.3 is 4.79 Å². The second kappa shape index (κ2) is 3.07. The highest BCUT2D eigenvalue weighted by atomic mass is 79.9. The molecule has 1 aromatic rings. The zero-order valence-corrected chi connectivity index (χ0v) is 8.83. The summed E-state index contributed by atoms with van der Waals surface area (Å²) in [7, 11) is 0. The number of hydrogen-bond donors (Lipinski definition) is 0. The van der Waals surface area contributed by atoms with Gasteiger partial charge in [0.05, 0.1) is 9.20 Å². The molecule has 0 aromatic carbocycles. The fourth-order valence-electron chi connectivity index (χ4n) is 0.719. The highest BCUT2D eigenvalue weighted by molar-refractivity contribution is 9.11. The van der Waals surface area contributed by atoms with Gasteiger partial charge in [0.15, 0.2) is 0 Å². The van der Waals surface area contributed by atoms with Gasteiger partial charge in [-0.25, -0.2) is 0 Å². The van der Waals surface area contributed by atoms with Crippen molar-refractivity contribution >= 4 is 33.6 Å². The van der Waals surface area contributed by atoms with Crippen LogP contribution in [0.4, 0.5) is 0 Å². The molecule has 0 aliphatic carbocycles. The Bertz CT molecular complexity index is 265. The largest absolute Gasteiger partial charge is 0.302 e. The topological polar surface area (TPSA) is 17.1 Å². The normalized spacial score (nSPS) is 11.5. The molecular formula is C8H9BrOS. The minimum absolute atomic E-state index is 0.337.